The van der Waals surface area contributed by atoms with Gasteiger partial charge < -0.3 is 19.2 Å². The molecule has 0 radical (unpaired) electrons. The van der Waals surface area contributed by atoms with Crippen LogP contribution < -0.4 is 33.9 Å². The van der Waals surface area contributed by atoms with Gasteiger partial charge >= 0.3 is 0 Å². The number of anilines is 1. The molecule has 0 spiro atoms. The Morgan fingerprint density at radius 2 is 1.62 bits per heavy atom. The number of carboxylic acids is 1. The highest BCUT2D eigenvalue weighted by molar-refractivity contribution is 6.07. The van der Waals surface area contributed by atoms with E-state index < -0.39 is 16.2 Å². The van der Waals surface area contributed by atoms with Crippen LogP contribution >= 0.6 is 0 Å². The van der Waals surface area contributed by atoms with Crippen LogP contribution in [0.3, 0.4) is 0 Å². The second-order valence-corrected chi connectivity index (χ2v) is 8.65. The SMILES string of the molecule is CN(C)c1ccc2c(-c3ccccc3C(=O)[O-])c3ccc(=[N+](C)C)cc-3oc2c1.[O-][Cl+3]([O-])([O-])O. The van der Waals surface area contributed by atoms with Crippen LogP contribution in [0.4, 0.5) is 5.69 Å². The van der Waals surface area contributed by atoms with Gasteiger partial charge in [-0.1, -0.05) is 24.3 Å². The van der Waals surface area contributed by atoms with Gasteiger partial charge in [0.05, 0.1) is 26.9 Å². The molecule has 178 valence electrons. The summed E-state index contributed by atoms with van der Waals surface area (Å²) in [5.41, 5.74) is 4.17. The second-order valence-electron chi connectivity index (χ2n) is 7.86. The zero-order valence-corrected chi connectivity index (χ0v) is 19.7. The highest BCUT2D eigenvalue weighted by Gasteiger charge is 2.20. The third kappa shape index (κ3) is 5.71. The van der Waals surface area contributed by atoms with E-state index in [2.05, 4.69) is 0 Å². The number of fused-ring (bicyclic) bond motifs is 2. The van der Waals surface area contributed by atoms with Gasteiger partial charge in [0.1, 0.15) is 25.4 Å². The Morgan fingerprint density at radius 3 is 2.21 bits per heavy atom. The first kappa shape index (κ1) is 25.2. The molecule has 0 atom stereocenters. The highest BCUT2D eigenvalue weighted by Crippen LogP contribution is 2.41. The van der Waals surface area contributed by atoms with Crippen LogP contribution in [0.1, 0.15) is 10.4 Å². The fraction of sp³-hybridized carbons (Fsp3) is 0.167. The van der Waals surface area contributed by atoms with Gasteiger partial charge in [0, 0.05) is 54.0 Å². The van der Waals surface area contributed by atoms with Crippen LogP contribution in [0, 0.1) is 10.2 Å². The van der Waals surface area contributed by atoms with Crippen molar-refractivity contribution in [2.45, 2.75) is 0 Å². The summed E-state index contributed by atoms with van der Waals surface area (Å²) < 4.78 is 41.0. The summed E-state index contributed by atoms with van der Waals surface area (Å²) in [6.07, 6.45) is 0. The Hall–Kier alpha value is -3.47. The summed E-state index contributed by atoms with van der Waals surface area (Å²) in [5.74, 6) is -0.500. The summed E-state index contributed by atoms with van der Waals surface area (Å²) in [7, 11) is 3.19. The van der Waals surface area contributed by atoms with Crippen molar-refractivity contribution < 1.29 is 43.2 Å². The first-order chi connectivity index (χ1) is 15.9. The van der Waals surface area contributed by atoms with Crippen LogP contribution in [0.5, 0.6) is 0 Å². The van der Waals surface area contributed by atoms with Crippen LogP contribution in [0.25, 0.3) is 33.4 Å². The number of aromatic carboxylic acids is 1. The Bertz CT molecular complexity index is 1380. The number of halogens is 1. The lowest BCUT2D eigenvalue weighted by Crippen LogP contribution is -2.58. The smallest absolute Gasteiger partial charge is 0.203 e. The van der Waals surface area contributed by atoms with E-state index in [1.807, 2.05) is 86.2 Å². The van der Waals surface area contributed by atoms with E-state index in [1.165, 1.54) is 0 Å². The van der Waals surface area contributed by atoms with Crippen LogP contribution in [-0.2, 0) is 0 Å². The molecule has 9 nitrogen and oxygen atoms in total. The topological polar surface area (TPSA) is 149 Å². The summed E-state index contributed by atoms with van der Waals surface area (Å²) in [5, 5.41) is 13.7. The number of hydrogen-bond donors (Lipinski definition) is 1. The van der Waals surface area contributed by atoms with E-state index in [0.29, 0.717) is 16.9 Å². The molecule has 1 aliphatic carbocycles. The lowest BCUT2D eigenvalue weighted by Gasteiger charge is -2.19. The predicted octanol–water partition coefficient (Wildman–Crippen LogP) is -1.46. The molecule has 0 bridgehead atoms. The Labute approximate surface area is 197 Å². The van der Waals surface area contributed by atoms with Gasteiger partial charge in [0.2, 0.25) is 5.36 Å². The quantitative estimate of drug-likeness (QED) is 0.273. The van der Waals surface area contributed by atoms with Crippen molar-refractivity contribution in [1.29, 1.82) is 0 Å². The van der Waals surface area contributed by atoms with E-state index in [-0.39, 0.29) is 5.56 Å². The number of carboxylic acid groups (broad SMARTS) is 1. The molecule has 2 aromatic rings. The molecule has 1 N–H and O–H groups in total. The largest absolute Gasteiger partial charge is 0.545 e. The van der Waals surface area contributed by atoms with Gasteiger partial charge in [0.25, 0.3) is 0 Å². The van der Waals surface area contributed by atoms with Crippen molar-refractivity contribution in [1.82, 2.24) is 4.58 Å². The van der Waals surface area contributed by atoms with E-state index >= 15 is 0 Å². The number of benzene rings is 3. The highest BCUT2D eigenvalue weighted by atomic mass is 35.7. The van der Waals surface area contributed by atoms with Crippen molar-refractivity contribution in [2.24, 2.45) is 0 Å². The average Bonchev–Trinajstić information content (AvgIpc) is 2.75. The molecule has 0 saturated heterocycles. The van der Waals surface area contributed by atoms with Crippen molar-refractivity contribution >= 4 is 22.6 Å². The van der Waals surface area contributed by atoms with Gasteiger partial charge in [-0.3, -0.25) is 0 Å². The molecule has 10 heteroatoms. The lowest BCUT2D eigenvalue weighted by atomic mass is 9.90. The Morgan fingerprint density at radius 1 is 0.971 bits per heavy atom. The first-order valence-electron chi connectivity index (χ1n) is 9.99. The number of carbonyl (C=O) groups excluding carboxylic acids is 1. The number of rotatable bonds is 3. The molecule has 4 rings (SSSR count). The fourth-order valence-electron chi connectivity index (χ4n) is 3.59. The Kier molecular flexibility index (Phi) is 7.25. The maximum Gasteiger partial charge on any atom is 0.203 e. The second kappa shape index (κ2) is 9.80. The average molecular weight is 487 g/mol. The molecule has 0 unspecified atom stereocenters. The van der Waals surface area contributed by atoms with Gasteiger partial charge in [0.15, 0.2) is 0 Å². The van der Waals surface area contributed by atoms with Crippen LogP contribution in [-0.4, -0.2) is 38.8 Å². The van der Waals surface area contributed by atoms with E-state index in [4.69, 9.17) is 23.1 Å². The monoisotopic (exact) mass is 486 g/mol. The maximum absolute atomic E-state index is 11.8. The van der Waals surface area contributed by atoms with Crippen molar-refractivity contribution in [3.63, 3.8) is 0 Å². The van der Waals surface area contributed by atoms with E-state index in [1.54, 1.807) is 12.1 Å². The molecule has 34 heavy (non-hydrogen) atoms. The summed E-state index contributed by atoms with van der Waals surface area (Å²) in [6.45, 7) is 0. The zero-order chi connectivity index (χ0) is 25.2. The fourth-order valence-corrected chi connectivity index (χ4v) is 3.59. The minimum Gasteiger partial charge on any atom is -0.545 e. The lowest BCUT2D eigenvalue weighted by molar-refractivity contribution is -1.92. The molecular formula is C24H23ClN2O7. The molecule has 0 amide bonds. The van der Waals surface area contributed by atoms with Crippen molar-refractivity contribution in [3.05, 3.63) is 71.6 Å². The normalized spacial score (nSPS) is 11.2. The number of carbonyl (C=O) groups is 1. The van der Waals surface area contributed by atoms with Gasteiger partial charge in [-0.05, 0) is 23.8 Å². The maximum atomic E-state index is 11.8. The Balaban J connectivity index is 0.000000588. The van der Waals surface area contributed by atoms with E-state index in [0.717, 1.165) is 27.6 Å². The molecule has 0 fully saturated rings. The summed E-state index contributed by atoms with van der Waals surface area (Å²) >= 11 is 0. The molecule has 1 heterocycles. The van der Waals surface area contributed by atoms with Gasteiger partial charge in [-0.25, -0.2) is 4.58 Å². The zero-order valence-electron chi connectivity index (χ0n) is 18.9. The van der Waals surface area contributed by atoms with Gasteiger partial charge in [-0.15, -0.1) is 0 Å². The minimum absolute atomic E-state index is 0.162. The van der Waals surface area contributed by atoms with E-state index in [9.17, 15) is 9.90 Å². The third-order valence-electron chi connectivity index (χ3n) is 5.14. The minimum atomic E-state index is -4.69. The summed E-state index contributed by atoms with van der Waals surface area (Å²) in [4.78, 5) is 13.8. The molecule has 2 aromatic carbocycles. The van der Waals surface area contributed by atoms with Crippen LogP contribution in [0.15, 0.2) is 65.1 Å². The number of nitrogens with zero attached hydrogens (tertiary/aromatic N) is 2. The van der Waals surface area contributed by atoms with Crippen molar-refractivity contribution in [3.8, 4) is 22.5 Å². The van der Waals surface area contributed by atoms with Crippen molar-refractivity contribution in [2.75, 3.05) is 33.1 Å². The molecule has 1 aliphatic heterocycles. The van der Waals surface area contributed by atoms with Gasteiger partial charge in [-0.2, -0.15) is 14.0 Å². The summed E-state index contributed by atoms with van der Waals surface area (Å²) in [6, 6.07) is 18.9. The number of hydrogen-bond acceptors (Lipinski definition) is 8. The first-order valence-corrected chi connectivity index (χ1v) is 11.3. The molecule has 2 aliphatic rings. The third-order valence-corrected chi connectivity index (χ3v) is 5.14. The molecule has 0 saturated carbocycles. The standard InChI is InChI=1S/C24H22N2O3.ClHO4/c1-25(2)15-9-11-19-21(13-15)29-22-14-16(26(3)4)10-12-20(22)23(19)17-7-5-6-8-18(17)24(27)28;2-1(3,4)5/h5-14H,1-4H3;(H,2,3,4,5). The molecule has 0 aromatic heterocycles. The van der Waals surface area contributed by atoms with Crippen LogP contribution in [0.2, 0.25) is 0 Å². The predicted molar refractivity (Wildman–Crippen MR) is 116 cm³/mol. The molecular weight excluding hydrogens is 464 g/mol.